The molecule has 0 aliphatic carbocycles. The molecular weight excluding hydrogens is 158 g/mol. The smallest absolute Gasteiger partial charge is 0.0176 e. The molecule has 0 spiro atoms. The summed E-state index contributed by atoms with van der Waals surface area (Å²) in [6.45, 7) is 9.02. The van der Waals surface area contributed by atoms with E-state index in [2.05, 4.69) is 44.1 Å². The van der Waals surface area contributed by atoms with Gasteiger partial charge in [0.05, 0.1) is 0 Å². The second-order valence-corrected chi connectivity index (χ2v) is 3.15. The van der Waals surface area contributed by atoms with Crippen molar-refractivity contribution in [1.82, 2.24) is 5.32 Å². The molecule has 0 aromatic carbocycles. The van der Waals surface area contributed by atoms with Gasteiger partial charge in [-0.15, -0.1) is 0 Å². The third kappa shape index (κ3) is 8.93. The molecule has 0 radical (unpaired) electrons. The Labute approximate surface area is 82.2 Å². The number of nitrogens with one attached hydrogen (secondary N) is 1. The molecule has 0 rings (SSSR count). The summed E-state index contributed by atoms with van der Waals surface area (Å²) in [5.41, 5.74) is 0. The van der Waals surface area contributed by atoms with E-state index in [0.29, 0.717) is 5.92 Å². The number of hydrogen-bond donors (Lipinski definition) is 1. The predicted molar refractivity (Wildman–Crippen MR) is 60.6 cm³/mol. The van der Waals surface area contributed by atoms with Crippen LogP contribution in [-0.2, 0) is 0 Å². The average molecular weight is 179 g/mol. The van der Waals surface area contributed by atoms with Gasteiger partial charge in [0.2, 0.25) is 0 Å². The molecule has 0 aliphatic rings. The first kappa shape index (κ1) is 12.0. The molecule has 0 aromatic rings. The normalized spacial score (nSPS) is 13.7. The Kier molecular flexibility index (Phi) is 8.42. The Balaban J connectivity index is 3.29. The van der Waals surface area contributed by atoms with Crippen molar-refractivity contribution in [1.29, 1.82) is 0 Å². The van der Waals surface area contributed by atoms with E-state index in [0.717, 1.165) is 13.0 Å². The van der Waals surface area contributed by atoms with Gasteiger partial charge in [-0.1, -0.05) is 51.2 Å². The largest absolute Gasteiger partial charge is 0.391 e. The Morgan fingerprint density at radius 3 is 2.85 bits per heavy atom. The van der Waals surface area contributed by atoms with Crippen LogP contribution in [0.3, 0.4) is 0 Å². The first-order valence-corrected chi connectivity index (χ1v) is 4.98. The molecule has 1 nitrogen and oxygen atoms in total. The molecule has 0 saturated heterocycles. The molecule has 0 amide bonds. The highest BCUT2D eigenvalue weighted by molar-refractivity contribution is 4.97. The van der Waals surface area contributed by atoms with Crippen LogP contribution in [0.2, 0.25) is 0 Å². The number of rotatable bonds is 7. The summed E-state index contributed by atoms with van der Waals surface area (Å²) in [5, 5.41) is 3.24. The third-order valence-electron chi connectivity index (χ3n) is 1.91. The standard InChI is InChI=1S/C12H21N/c1-4-6-7-8-10-13-11-9-12(3)5-2/h4,6-7,9,11-13H,1,5,8,10H2,2-3H3/b7-6-,11-9-. The fourth-order valence-electron chi connectivity index (χ4n) is 0.811. The van der Waals surface area contributed by atoms with E-state index in [1.807, 2.05) is 6.08 Å². The zero-order valence-electron chi connectivity index (χ0n) is 8.79. The second kappa shape index (κ2) is 9.11. The van der Waals surface area contributed by atoms with Crippen LogP contribution >= 0.6 is 0 Å². The minimum absolute atomic E-state index is 0.677. The number of allylic oxidation sites excluding steroid dienone is 3. The van der Waals surface area contributed by atoms with E-state index in [9.17, 15) is 0 Å². The Morgan fingerprint density at radius 2 is 2.23 bits per heavy atom. The maximum atomic E-state index is 3.61. The Bertz CT molecular complexity index is 168. The monoisotopic (exact) mass is 179 g/mol. The topological polar surface area (TPSA) is 12.0 Å². The third-order valence-corrected chi connectivity index (χ3v) is 1.91. The van der Waals surface area contributed by atoms with Crippen LogP contribution in [0.4, 0.5) is 0 Å². The van der Waals surface area contributed by atoms with Crippen molar-refractivity contribution < 1.29 is 0 Å². The lowest BCUT2D eigenvalue weighted by atomic mass is 10.1. The van der Waals surface area contributed by atoms with E-state index < -0.39 is 0 Å². The van der Waals surface area contributed by atoms with Crippen molar-refractivity contribution >= 4 is 0 Å². The van der Waals surface area contributed by atoms with Crippen molar-refractivity contribution in [2.45, 2.75) is 26.7 Å². The summed E-state index contributed by atoms with van der Waals surface area (Å²) in [6.07, 6.45) is 12.4. The van der Waals surface area contributed by atoms with Gasteiger partial charge < -0.3 is 5.32 Å². The fourth-order valence-corrected chi connectivity index (χ4v) is 0.811. The van der Waals surface area contributed by atoms with Gasteiger partial charge in [0, 0.05) is 6.54 Å². The lowest BCUT2D eigenvalue weighted by molar-refractivity contribution is 0.690. The highest BCUT2D eigenvalue weighted by Crippen LogP contribution is 2.00. The average Bonchev–Trinajstić information content (AvgIpc) is 2.16. The van der Waals surface area contributed by atoms with Gasteiger partial charge >= 0.3 is 0 Å². The zero-order chi connectivity index (χ0) is 9.94. The van der Waals surface area contributed by atoms with Crippen LogP contribution in [0, 0.1) is 5.92 Å². The summed E-state index contributed by atoms with van der Waals surface area (Å²) in [7, 11) is 0. The van der Waals surface area contributed by atoms with Crippen molar-refractivity contribution in [3.63, 3.8) is 0 Å². The first-order chi connectivity index (χ1) is 6.31. The summed E-state index contributed by atoms with van der Waals surface area (Å²) in [5.74, 6) is 0.677. The van der Waals surface area contributed by atoms with Crippen LogP contribution in [0.1, 0.15) is 26.7 Å². The maximum absolute atomic E-state index is 3.61. The summed E-state index contributed by atoms with van der Waals surface area (Å²) >= 11 is 0. The minimum Gasteiger partial charge on any atom is -0.391 e. The second-order valence-electron chi connectivity index (χ2n) is 3.15. The van der Waals surface area contributed by atoms with Gasteiger partial charge in [-0.3, -0.25) is 0 Å². The van der Waals surface area contributed by atoms with Gasteiger partial charge in [-0.05, 0) is 18.5 Å². The van der Waals surface area contributed by atoms with E-state index in [1.165, 1.54) is 6.42 Å². The van der Waals surface area contributed by atoms with Gasteiger partial charge in [0.1, 0.15) is 0 Å². The van der Waals surface area contributed by atoms with Gasteiger partial charge in [-0.25, -0.2) is 0 Å². The minimum atomic E-state index is 0.677. The van der Waals surface area contributed by atoms with Crippen molar-refractivity contribution in [2.75, 3.05) is 6.54 Å². The Morgan fingerprint density at radius 1 is 1.46 bits per heavy atom. The fraction of sp³-hybridized carbons (Fsp3) is 0.500. The lowest BCUT2D eigenvalue weighted by Gasteiger charge is -2.00. The molecular formula is C12H21N. The zero-order valence-corrected chi connectivity index (χ0v) is 8.79. The molecule has 0 bridgehead atoms. The Hall–Kier alpha value is -0.980. The van der Waals surface area contributed by atoms with Gasteiger partial charge in [0.25, 0.3) is 0 Å². The molecule has 1 atom stereocenters. The van der Waals surface area contributed by atoms with E-state index in [4.69, 9.17) is 0 Å². The molecule has 1 unspecified atom stereocenters. The van der Waals surface area contributed by atoms with Crippen molar-refractivity contribution in [3.8, 4) is 0 Å². The van der Waals surface area contributed by atoms with Gasteiger partial charge in [0.15, 0.2) is 0 Å². The molecule has 74 valence electrons. The molecule has 0 aliphatic heterocycles. The molecule has 1 heteroatoms. The summed E-state index contributed by atoms with van der Waals surface area (Å²) < 4.78 is 0. The van der Waals surface area contributed by atoms with Crippen LogP contribution in [0.25, 0.3) is 0 Å². The highest BCUT2D eigenvalue weighted by Gasteiger charge is 1.88. The van der Waals surface area contributed by atoms with Crippen LogP contribution < -0.4 is 5.32 Å². The van der Waals surface area contributed by atoms with Crippen molar-refractivity contribution in [2.24, 2.45) is 5.92 Å². The molecule has 0 aromatic heterocycles. The van der Waals surface area contributed by atoms with E-state index in [-0.39, 0.29) is 0 Å². The molecule has 0 fully saturated rings. The van der Waals surface area contributed by atoms with Gasteiger partial charge in [-0.2, -0.15) is 0 Å². The summed E-state index contributed by atoms with van der Waals surface area (Å²) in [4.78, 5) is 0. The lowest BCUT2D eigenvalue weighted by Crippen LogP contribution is -2.06. The van der Waals surface area contributed by atoms with Crippen LogP contribution in [0.5, 0.6) is 0 Å². The SMILES string of the molecule is C=C/C=C\CCN/C=C\C(C)CC. The molecule has 0 heterocycles. The van der Waals surface area contributed by atoms with E-state index >= 15 is 0 Å². The molecule has 13 heavy (non-hydrogen) atoms. The highest BCUT2D eigenvalue weighted by atomic mass is 14.8. The van der Waals surface area contributed by atoms with E-state index in [1.54, 1.807) is 6.08 Å². The first-order valence-electron chi connectivity index (χ1n) is 4.98. The summed E-state index contributed by atoms with van der Waals surface area (Å²) in [6, 6.07) is 0. The number of hydrogen-bond acceptors (Lipinski definition) is 1. The van der Waals surface area contributed by atoms with Crippen LogP contribution in [0.15, 0.2) is 37.1 Å². The quantitative estimate of drug-likeness (QED) is 0.467. The maximum Gasteiger partial charge on any atom is 0.0176 e. The molecule has 1 N–H and O–H groups in total. The predicted octanol–water partition coefficient (Wildman–Crippen LogP) is 3.27. The van der Waals surface area contributed by atoms with Crippen molar-refractivity contribution in [3.05, 3.63) is 37.1 Å². The van der Waals surface area contributed by atoms with Crippen LogP contribution in [-0.4, -0.2) is 6.54 Å². The molecule has 0 saturated carbocycles.